The predicted molar refractivity (Wildman–Crippen MR) is 140 cm³/mol. The van der Waals surface area contributed by atoms with Gasteiger partial charge in [0.1, 0.15) is 23.1 Å². The molecular formula is C27H25N5O5S. The number of rotatable bonds is 7. The lowest BCUT2D eigenvalue weighted by atomic mass is 10.1. The van der Waals surface area contributed by atoms with Crippen molar-refractivity contribution in [1.82, 2.24) is 19.7 Å². The van der Waals surface area contributed by atoms with E-state index < -0.39 is 12.1 Å². The minimum absolute atomic E-state index is 0.304. The first-order valence-corrected chi connectivity index (χ1v) is 13.4. The van der Waals surface area contributed by atoms with E-state index in [9.17, 15) is 9.59 Å². The summed E-state index contributed by atoms with van der Waals surface area (Å²) in [6.45, 7) is 1.22. The minimum Gasteiger partial charge on any atom is -0.478 e. The van der Waals surface area contributed by atoms with E-state index in [-0.39, 0.29) is 5.91 Å². The summed E-state index contributed by atoms with van der Waals surface area (Å²) in [6, 6.07) is 12.4. The van der Waals surface area contributed by atoms with Crippen molar-refractivity contribution in [3.63, 3.8) is 0 Å². The van der Waals surface area contributed by atoms with Crippen LogP contribution in [0, 0.1) is 0 Å². The molecular weight excluding hydrogens is 506 g/mol. The van der Waals surface area contributed by atoms with Crippen LogP contribution >= 0.6 is 11.3 Å². The Hall–Kier alpha value is -4.25. The number of aryl methyl sites for hydroxylation is 1. The molecule has 0 saturated carbocycles. The number of carbonyl (C=O) groups is 2. The van der Waals surface area contributed by atoms with Gasteiger partial charge in [-0.15, -0.1) is 21.5 Å². The topological polar surface area (TPSA) is 117 Å². The van der Waals surface area contributed by atoms with E-state index in [1.54, 1.807) is 29.8 Å². The van der Waals surface area contributed by atoms with E-state index in [0.29, 0.717) is 41.0 Å². The molecule has 1 fully saturated rings. The standard InChI is InChI=1S/C27H25N5O5S/c33-25(29-27-28-10-13-38-27)18-14-20(16-21(15-18)37-22-9-12-35-26(22)34)36-19-7-5-17(6-8-19)24-31-30-23-4-2-1-3-11-32(23)24/h5-8,10,13-16,22H,1-4,9,11-12H2,(H,28,29,33). The molecule has 1 unspecified atom stereocenters. The van der Waals surface area contributed by atoms with E-state index >= 15 is 0 Å². The largest absolute Gasteiger partial charge is 0.478 e. The Morgan fingerprint density at radius 3 is 2.71 bits per heavy atom. The second kappa shape index (κ2) is 10.6. The van der Waals surface area contributed by atoms with Crippen LogP contribution in [0.3, 0.4) is 0 Å². The van der Waals surface area contributed by atoms with Gasteiger partial charge < -0.3 is 18.8 Å². The van der Waals surface area contributed by atoms with Crippen LogP contribution < -0.4 is 14.8 Å². The van der Waals surface area contributed by atoms with Crippen LogP contribution in [0.5, 0.6) is 17.2 Å². The molecule has 0 radical (unpaired) electrons. The molecule has 11 heteroatoms. The van der Waals surface area contributed by atoms with Crippen LogP contribution in [0.2, 0.25) is 0 Å². The highest BCUT2D eigenvalue weighted by Crippen LogP contribution is 2.31. The van der Waals surface area contributed by atoms with Gasteiger partial charge in [-0.05, 0) is 49.2 Å². The molecule has 1 N–H and O–H groups in total. The number of hydrogen-bond donors (Lipinski definition) is 1. The molecule has 6 rings (SSSR count). The number of benzene rings is 2. The summed E-state index contributed by atoms with van der Waals surface area (Å²) in [6.07, 6.45) is 5.73. The first-order chi connectivity index (χ1) is 18.6. The number of aromatic nitrogens is 4. The van der Waals surface area contributed by atoms with E-state index in [1.165, 1.54) is 17.8 Å². The predicted octanol–water partition coefficient (Wildman–Crippen LogP) is 4.87. The maximum Gasteiger partial charge on any atom is 0.347 e. The first kappa shape index (κ1) is 24.1. The number of carbonyl (C=O) groups excluding carboxylic acids is 2. The third kappa shape index (κ3) is 5.23. The number of nitrogens with one attached hydrogen (secondary N) is 1. The van der Waals surface area contributed by atoms with Crippen LogP contribution in [0.15, 0.2) is 54.0 Å². The van der Waals surface area contributed by atoms with Crippen molar-refractivity contribution in [2.45, 2.75) is 44.8 Å². The van der Waals surface area contributed by atoms with Crippen molar-refractivity contribution >= 4 is 28.3 Å². The van der Waals surface area contributed by atoms with Crippen LogP contribution in [-0.4, -0.2) is 44.3 Å². The highest BCUT2D eigenvalue weighted by Gasteiger charge is 2.29. The molecule has 1 atom stereocenters. The van der Waals surface area contributed by atoms with Gasteiger partial charge in [-0.1, -0.05) is 6.42 Å². The zero-order chi connectivity index (χ0) is 25.9. The molecule has 10 nitrogen and oxygen atoms in total. The third-order valence-electron chi connectivity index (χ3n) is 6.42. The van der Waals surface area contributed by atoms with Crippen molar-refractivity contribution in [2.75, 3.05) is 11.9 Å². The van der Waals surface area contributed by atoms with E-state index in [2.05, 4.69) is 25.1 Å². The maximum absolute atomic E-state index is 12.9. The summed E-state index contributed by atoms with van der Waals surface area (Å²) < 4.78 is 19.2. The summed E-state index contributed by atoms with van der Waals surface area (Å²) >= 11 is 1.32. The fourth-order valence-electron chi connectivity index (χ4n) is 4.54. The summed E-state index contributed by atoms with van der Waals surface area (Å²) in [4.78, 5) is 29.0. The average molecular weight is 532 g/mol. The molecule has 4 heterocycles. The molecule has 1 amide bonds. The lowest BCUT2D eigenvalue weighted by Crippen LogP contribution is -2.22. The molecule has 2 aliphatic rings. The molecule has 0 aliphatic carbocycles. The fourth-order valence-corrected chi connectivity index (χ4v) is 5.06. The highest BCUT2D eigenvalue weighted by molar-refractivity contribution is 7.13. The number of nitrogens with zero attached hydrogens (tertiary/aromatic N) is 4. The highest BCUT2D eigenvalue weighted by atomic mass is 32.1. The van der Waals surface area contributed by atoms with E-state index in [0.717, 1.165) is 43.0 Å². The number of cyclic esters (lactones) is 1. The van der Waals surface area contributed by atoms with Crippen LogP contribution in [-0.2, 0) is 22.5 Å². The minimum atomic E-state index is -0.724. The third-order valence-corrected chi connectivity index (χ3v) is 7.11. The van der Waals surface area contributed by atoms with Crippen molar-refractivity contribution in [3.05, 3.63) is 65.4 Å². The van der Waals surface area contributed by atoms with Gasteiger partial charge in [-0.2, -0.15) is 0 Å². The zero-order valence-electron chi connectivity index (χ0n) is 20.5. The quantitative estimate of drug-likeness (QED) is 0.336. The smallest absolute Gasteiger partial charge is 0.347 e. The van der Waals surface area contributed by atoms with Gasteiger partial charge in [-0.3, -0.25) is 10.1 Å². The van der Waals surface area contributed by atoms with Gasteiger partial charge in [0.25, 0.3) is 5.91 Å². The Labute approximate surface area is 222 Å². The molecule has 0 spiro atoms. The maximum atomic E-state index is 12.9. The lowest BCUT2D eigenvalue weighted by Gasteiger charge is -2.14. The number of esters is 1. The second-order valence-corrected chi connectivity index (χ2v) is 9.97. The molecule has 194 valence electrons. The van der Waals surface area contributed by atoms with E-state index in [1.807, 2.05) is 24.3 Å². The van der Waals surface area contributed by atoms with Crippen molar-refractivity contribution in [3.8, 4) is 28.6 Å². The summed E-state index contributed by atoms with van der Waals surface area (Å²) in [5, 5.41) is 13.8. The van der Waals surface area contributed by atoms with Crippen molar-refractivity contribution in [1.29, 1.82) is 0 Å². The van der Waals surface area contributed by atoms with Crippen LogP contribution in [0.1, 0.15) is 41.9 Å². The lowest BCUT2D eigenvalue weighted by molar-refractivity contribution is -0.143. The number of anilines is 1. The summed E-state index contributed by atoms with van der Waals surface area (Å²) in [5.41, 5.74) is 1.26. The number of thiazole rings is 1. The van der Waals surface area contributed by atoms with E-state index in [4.69, 9.17) is 14.2 Å². The van der Waals surface area contributed by atoms with Crippen LogP contribution in [0.25, 0.3) is 11.4 Å². The van der Waals surface area contributed by atoms with Crippen molar-refractivity contribution in [2.24, 2.45) is 0 Å². The molecule has 4 aromatic rings. The van der Waals surface area contributed by atoms with Gasteiger partial charge in [-0.25, -0.2) is 9.78 Å². The Morgan fingerprint density at radius 2 is 1.92 bits per heavy atom. The van der Waals surface area contributed by atoms with Crippen molar-refractivity contribution < 1.29 is 23.8 Å². The second-order valence-electron chi connectivity index (χ2n) is 9.08. The van der Waals surface area contributed by atoms with Gasteiger partial charge in [0.15, 0.2) is 17.1 Å². The monoisotopic (exact) mass is 531 g/mol. The fraction of sp³-hybridized carbons (Fsp3) is 0.296. The number of hydrogen-bond acceptors (Lipinski definition) is 9. The SMILES string of the molecule is O=C(Nc1nccs1)c1cc(Oc2ccc(-c3nnc4n3CCCCC4)cc2)cc(OC2CCOC2=O)c1. The zero-order valence-corrected chi connectivity index (χ0v) is 21.3. The van der Waals surface area contributed by atoms with Gasteiger partial charge in [0.2, 0.25) is 0 Å². The Morgan fingerprint density at radius 1 is 1.05 bits per heavy atom. The first-order valence-electron chi connectivity index (χ1n) is 12.5. The number of amides is 1. The van der Waals surface area contributed by atoms with Crippen LogP contribution in [0.4, 0.5) is 5.13 Å². The van der Waals surface area contributed by atoms with Gasteiger partial charge in [0, 0.05) is 48.2 Å². The molecule has 2 aliphatic heterocycles. The number of fused-ring (bicyclic) bond motifs is 1. The molecule has 2 aromatic heterocycles. The molecule has 38 heavy (non-hydrogen) atoms. The summed E-state index contributed by atoms with van der Waals surface area (Å²) in [5.74, 6) is 2.39. The van der Waals surface area contributed by atoms with Gasteiger partial charge >= 0.3 is 5.97 Å². The summed E-state index contributed by atoms with van der Waals surface area (Å²) in [7, 11) is 0. The number of ether oxygens (including phenoxy) is 3. The van der Waals surface area contributed by atoms with Gasteiger partial charge in [0.05, 0.1) is 6.61 Å². The normalized spacial score (nSPS) is 16.8. The molecule has 2 aromatic carbocycles. The average Bonchev–Trinajstić information content (AvgIpc) is 3.64. The molecule has 0 bridgehead atoms. The Kier molecular flexibility index (Phi) is 6.74. The Balaban J connectivity index is 1.24. The Bertz CT molecular complexity index is 1450. The molecule has 1 saturated heterocycles.